The molecule has 0 unspecified atom stereocenters. The lowest BCUT2D eigenvalue weighted by Gasteiger charge is -2.36. The number of nitrogens with zero attached hydrogens (tertiary/aromatic N) is 2. The van der Waals surface area contributed by atoms with Crippen LogP contribution in [0.4, 0.5) is 0 Å². The molecule has 6 nitrogen and oxygen atoms in total. The van der Waals surface area contributed by atoms with E-state index >= 15 is 0 Å². The second-order valence-electron chi connectivity index (χ2n) is 6.17. The fourth-order valence-corrected chi connectivity index (χ4v) is 5.56. The molecule has 0 radical (unpaired) electrons. The quantitative estimate of drug-likeness (QED) is 0.843. The number of aryl methyl sites for hydroxylation is 1. The molecule has 24 heavy (non-hydrogen) atoms. The molecule has 2 aliphatic heterocycles. The number of aliphatic carboxylic acids is 1. The summed E-state index contributed by atoms with van der Waals surface area (Å²) >= 11 is 3.46. The molecule has 0 saturated carbocycles. The number of thioether (sulfide) groups is 1. The normalized spacial score (nSPS) is 24.0. The van der Waals surface area contributed by atoms with Crippen molar-refractivity contribution >= 4 is 35.0 Å². The zero-order valence-corrected chi connectivity index (χ0v) is 15.3. The first-order chi connectivity index (χ1) is 11.5. The number of carbonyl (C=O) groups is 2. The Morgan fingerprint density at radius 2 is 2.33 bits per heavy atom. The average Bonchev–Trinajstić information content (AvgIpc) is 3.02. The van der Waals surface area contributed by atoms with E-state index in [1.165, 1.54) is 10.4 Å². The molecule has 1 N–H and O–H groups in total. The molecule has 2 atom stereocenters. The predicted octanol–water partition coefficient (Wildman–Crippen LogP) is 1.32. The van der Waals surface area contributed by atoms with Crippen molar-refractivity contribution in [2.45, 2.75) is 17.8 Å². The van der Waals surface area contributed by atoms with Gasteiger partial charge in [-0.2, -0.15) is 0 Å². The predicted molar refractivity (Wildman–Crippen MR) is 94.7 cm³/mol. The number of likely N-dealkylation sites (N-methyl/N-ethyl adjacent to an activating group) is 1. The Balaban J connectivity index is 1.61. The van der Waals surface area contributed by atoms with E-state index in [2.05, 4.69) is 11.4 Å². The Kier molecular flexibility index (Phi) is 5.80. The van der Waals surface area contributed by atoms with Crippen LogP contribution < -0.4 is 0 Å². The van der Waals surface area contributed by atoms with Crippen LogP contribution in [-0.4, -0.2) is 78.5 Å². The maximum Gasteiger partial charge on any atom is 0.317 e. The number of morpholine rings is 1. The number of hydrogen-bond donors (Lipinski definition) is 1. The standard InChI is InChI=1S/C16H22N2O4S2/c1-17(10-14(19)20)8-11-9-18(4-5-22-11)16(21)15-12-2-6-23-13(12)3-7-24-15/h2,6,11,15H,3-5,7-10H2,1H3,(H,19,20)/t11-,15-/m0/s1. The third-order valence-corrected chi connectivity index (χ3v) is 6.50. The molecule has 2 aliphatic rings. The molecule has 8 heteroatoms. The van der Waals surface area contributed by atoms with E-state index in [0.29, 0.717) is 26.2 Å². The summed E-state index contributed by atoms with van der Waals surface area (Å²) in [7, 11) is 1.76. The van der Waals surface area contributed by atoms with Crippen molar-refractivity contribution in [1.82, 2.24) is 9.80 Å². The summed E-state index contributed by atoms with van der Waals surface area (Å²) < 4.78 is 5.72. The van der Waals surface area contributed by atoms with E-state index in [0.717, 1.165) is 12.2 Å². The van der Waals surface area contributed by atoms with E-state index in [-0.39, 0.29) is 23.8 Å². The second-order valence-corrected chi connectivity index (χ2v) is 8.38. The Hall–Kier alpha value is -1.09. The molecule has 0 aromatic carbocycles. The second kappa shape index (κ2) is 7.86. The fraction of sp³-hybridized carbons (Fsp3) is 0.625. The maximum absolute atomic E-state index is 13.0. The minimum Gasteiger partial charge on any atom is -0.480 e. The van der Waals surface area contributed by atoms with E-state index in [9.17, 15) is 9.59 Å². The van der Waals surface area contributed by atoms with E-state index < -0.39 is 5.97 Å². The van der Waals surface area contributed by atoms with Crippen LogP contribution in [0.1, 0.15) is 15.7 Å². The molecule has 1 saturated heterocycles. The Bertz CT molecular complexity index is 607. The molecular weight excluding hydrogens is 348 g/mol. The number of carbonyl (C=O) groups excluding carboxylic acids is 1. The Labute approximate surface area is 149 Å². The van der Waals surface area contributed by atoms with E-state index in [1.54, 1.807) is 35.0 Å². The number of carboxylic acids is 1. The number of fused-ring (bicyclic) bond motifs is 1. The van der Waals surface area contributed by atoms with Crippen molar-refractivity contribution < 1.29 is 19.4 Å². The lowest BCUT2D eigenvalue weighted by Crippen LogP contribution is -2.50. The number of rotatable bonds is 5. The lowest BCUT2D eigenvalue weighted by atomic mass is 10.1. The minimum absolute atomic E-state index is 0.0233. The van der Waals surface area contributed by atoms with Gasteiger partial charge in [0.25, 0.3) is 0 Å². The van der Waals surface area contributed by atoms with Crippen LogP contribution in [0.25, 0.3) is 0 Å². The smallest absolute Gasteiger partial charge is 0.317 e. The van der Waals surface area contributed by atoms with Gasteiger partial charge in [-0.1, -0.05) is 0 Å². The first-order valence-corrected chi connectivity index (χ1v) is 9.96. The van der Waals surface area contributed by atoms with Crippen molar-refractivity contribution in [3.8, 4) is 0 Å². The first kappa shape index (κ1) is 17.7. The largest absolute Gasteiger partial charge is 0.480 e. The van der Waals surface area contributed by atoms with Crippen molar-refractivity contribution in [1.29, 1.82) is 0 Å². The zero-order chi connectivity index (χ0) is 17.1. The van der Waals surface area contributed by atoms with Gasteiger partial charge in [-0.15, -0.1) is 23.1 Å². The Morgan fingerprint density at radius 3 is 3.12 bits per heavy atom. The summed E-state index contributed by atoms with van der Waals surface area (Å²) in [6.45, 7) is 2.13. The van der Waals surface area contributed by atoms with Crippen molar-refractivity contribution in [2.24, 2.45) is 0 Å². The molecule has 1 aromatic heterocycles. The topological polar surface area (TPSA) is 70.1 Å². The van der Waals surface area contributed by atoms with Gasteiger partial charge >= 0.3 is 5.97 Å². The van der Waals surface area contributed by atoms with Crippen LogP contribution >= 0.6 is 23.1 Å². The molecule has 1 aromatic rings. The minimum atomic E-state index is -0.857. The average molecular weight is 370 g/mol. The molecule has 1 fully saturated rings. The van der Waals surface area contributed by atoms with Gasteiger partial charge in [0.1, 0.15) is 5.25 Å². The van der Waals surface area contributed by atoms with Gasteiger partial charge in [0, 0.05) is 24.5 Å². The van der Waals surface area contributed by atoms with Gasteiger partial charge in [-0.25, -0.2) is 0 Å². The van der Waals surface area contributed by atoms with Gasteiger partial charge in [0.15, 0.2) is 0 Å². The SMILES string of the molecule is CN(CC(=O)O)C[C@H]1CN(C(=O)[C@H]2SCCc3sccc32)CCO1. The highest BCUT2D eigenvalue weighted by molar-refractivity contribution is 8.00. The summed E-state index contributed by atoms with van der Waals surface area (Å²) in [5.41, 5.74) is 1.17. The van der Waals surface area contributed by atoms with Gasteiger partial charge in [0.2, 0.25) is 5.91 Å². The molecular formula is C16H22N2O4S2. The van der Waals surface area contributed by atoms with E-state index in [4.69, 9.17) is 9.84 Å². The summed E-state index contributed by atoms with van der Waals surface area (Å²) in [6.07, 6.45) is 0.912. The van der Waals surface area contributed by atoms with Crippen molar-refractivity contribution in [2.75, 3.05) is 45.6 Å². The maximum atomic E-state index is 13.0. The lowest BCUT2D eigenvalue weighted by molar-refractivity contribution is -0.142. The molecule has 0 bridgehead atoms. The number of hydrogen-bond acceptors (Lipinski definition) is 6. The molecule has 0 spiro atoms. The summed E-state index contributed by atoms with van der Waals surface area (Å²) in [5.74, 6) is 0.289. The van der Waals surface area contributed by atoms with E-state index in [1.807, 2.05) is 4.90 Å². The van der Waals surface area contributed by atoms with Crippen LogP contribution in [0.15, 0.2) is 11.4 Å². The summed E-state index contributed by atoms with van der Waals surface area (Å²) in [4.78, 5) is 28.7. The number of carboxylic acid groups (broad SMARTS) is 1. The summed E-state index contributed by atoms with van der Waals surface area (Å²) in [6, 6.07) is 2.08. The van der Waals surface area contributed by atoms with Crippen molar-refractivity contribution in [3.63, 3.8) is 0 Å². The van der Waals surface area contributed by atoms with Crippen LogP contribution in [0.2, 0.25) is 0 Å². The highest BCUT2D eigenvalue weighted by Gasteiger charge is 2.34. The zero-order valence-electron chi connectivity index (χ0n) is 13.6. The van der Waals surface area contributed by atoms with Gasteiger partial charge in [-0.05, 0) is 36.2 Å². The van der Waals surface area contributed by atoms with Gasteiger partial charge in [-0.3, -0.25) is 14.5 Å². The van der Waals surface area contributed by atoms with Crippen LogP contribution in [0, 0.1) is 0 Å². The van der Waals surface area contributed by atoms with Gasteiger partial charge < -0.3 is 14.7 Å². The number of amides is 1. The summed E-state index contributed by atoms with van der Waals surface area (Å²) in [5, 5.41) is 10.8. The van der Waals surface area contributed by atoms with Crippen LogP contribution in [-0.2, 0) is 20.7 Å². The Morgan fingerprint density at radius 1 is 1.50 bits per heavy atom. The van der Waals surface area contributed by atoms with Gasteiger partial charge in [0.05, 0.1) is 19.3 Å². The third kappa shape index (κ3) is 4.11. The molecule has 1 amide bonds. The third-order valence-electron chi connectivity index (χ3n) is 4.27. The molecule has 3 heterocycles. The first-order valence-electron chi connectivity index (χ1n) is 8.03. The van der Waals surface area contributed by atoms with Crippen LogP contribution in [0.3, 0.4) is 0 Å². The monoisotopic (exact) mass is 370 g/mol. The number of ether oxygens (including phenoxy) is 1. The highest BCUT2D eigenvalue weighted by Crippen LogP contribution is 2.40. The van der Waals surface area contributed by atoms with Crippen LogP contribution in [0.5, 0.6) is 0 Å². The molecule has 0 aliphatic carbocycles. The molecule has 3 rings (SSSR count). The van der Waals surface area contributed by atoms with Crippen molar-refractivity contribution in [3.05, 3.63) is 21.9 Å². The fourth-order valence-electron chi connectivity index (χ4n) is 3.19. The molecule has 132 valence electrons. The number of thiophene rings is 1. The highest BCUT2D eigenvalue weighted by atomic mass is 32.2.